The maximum Gasteiger partial charge on any atom is 0.418 e. The quantitative estimate of drug-likeness (QED) is 0.665. The number of hydrogen-bond donors (Lipinski definition) is 1. The Morgan fingerprint density at radius 1 is 1.35 bits per heavy atom. The molecule has 4 nitrogen and oxygen atoms in total. The summed E-state index contributed by atoms with van der Waals surface area (Å²) in [5, 5.41) is 2.87. The summed E-state index contributed by atoms with van der Waals surface area (Å²) in [7, 11) is 0. The summed E-state index contributed by atoms with van der Waals surface area (Å²) in [5.41, 5.74) is -0.645. The molecule has 0 bridgehead atoms. The number of carbonyl (C=O) groups is 1. The van der Waals surface area contributed by atoms with Gasteiger partial charge < -0.3 is 15.0 Å². The Bertz CT molecular complexity index is 672. The molecule has 1 N–H and O–H groups in total. The number of carbonyl (C=O) groups excluding carboxylic acids is 1. The molecule has 0 spiro atoms. The molecular formula is C18H24BrF3N2O2. The predicted octanol–water partition coefficient (Wildman–Crippen LogP) is 5.62. The van der Waals surface area contributed by atoms with Crippen molar-refractivity contribution in [1.82, 2.24) is 4.90 Å². The van der Waals surface area contributed by atoms with Crippen molar-refractivity contribution in [2.75, 3.05) is 25.0 Å². The Morgan fingerprint density at radius 3 is 2.54 bits per heavy atom. The van der Waals surface area contributed by atoms with Crippen LogP contribution >= 0.6 is 15.9 Å². The van der Waals surface area contributed by atoms with Crippen molar-refractivity contribution in [1.29, 1.82) is 0 Å². The van der Waals surface area contributed by atoms with E-state index in [1.807, 2.05) is 6.92 Å². The molecule has 1 aliphatic rings. The normalized spacial score (nSPS) is 16.8. The van der Waals surface area contributed by atoms with E-state index >= 15 is 0 Å². The Labute approximate surface area is 160 Å². The maximum atomic E-state index is 13.3. The molecule has 0 fully saturated rings. The van der Waals surface area contributed by atoms with Gasteiger partial charge in [0.1, 0.15) is 5.60 Å². The van der Waals surface area contributed by atoms with Crippen LogP contribution in [0, 0.1) is 0 Å². The Morgan fingerprint density at radius 2 is 2.00 bits per heavy atom. The van der Waals surface area contributed by atoms with E-state index in [-0.39, 0.29) is 11.6 Å². The number of nitrogens with zero attached hydrogens (tertiary/aromatic N) is 1. The Kier molecular flexibility index (Phi) is 6.15. The molecule has 0 radical (unpaired) electrons. The molecule has 8 heteroatoms. The third-order valence-electron chi connectivity index (χ3n) is 3.99. The summed E-state index contributed by atoms with van der Waals surface area (Å²) in [4.78, 5) is 14.0. The molecule has 1 aromatic rings. The lowest BCUT2D eigenvalue weighted by atomic mass is 9.98. The van der Waals surface area contributed by atoms with E-state index in [0.29, 0.717) is 29.7 Å². The third-order valence-corrected chi connectivity index (χ3v) is 4.45. The zero-order valence-electron chi connectivity index (χ0n) is 15.3. The minimum absolute atomic E-state index is 0.103. The number of amides is 1. The summed E-state index contributed by atoms with van der Waals surface area (Å²) >= 11 is 3.17. The molecular weight excluding hydrogens is 413 g/mol. The molecule has 0 aliphatic carbocycles. The van der Waals surface area contributed by atoms with Crippen molar-refractivity contribution in [3.63, 3.8) is 0 Å². The van der Waals surface area contributed by atoms with Gasteiger partial charge in [0.05, 0.1) is 11.3 Å². The Balaban J connectivity index is 2.27. The first kappa shape index (κ1) is 20.9. The fraction of sp³-hybridized carbons (Fsp3) is 0.611. The number of anilines is 1. The van der Waals surface area contributed by atoms with Gasteiger partial charge in [0.15, 0.2) is 0 Å². The van der Waals surface area contributed by atoms with Gasteiger partial charge in [-0.2, -0.15) is 13.2 Å². The van der Waals surface area contributed by atoms with Crippen LogP contribution in [0.5, 0.6) is 0 Å². The van der Waals surface area contributed by atoms with Crippen molar-refractivity contribution >= 4 is 27.7 Å². The molecule has 1 heterocycles. The van der Waals surface area contributed by atoms with Crippen LogP contribution in [0.25, 0.3) is 0 Å². The lowest BCUT2D eigenvalue weighted by Crippen LogP contribution is -2.39. The van der Waals surface area contributed by atoms with E-state index in [2.05, 4.69) is 21.2 Å². The molecule has 0 saturated carbocycles. The van der Waals surface area contributed by atoms with E-state index < -0.39 is 23.4 Å². The molecule has 0 saturated heterocycles. The smallest absolute Gasteiger partial charge is 0.418 e. The Hall–Kier alpha value is -1.44. The van der Waals surface area contributed by atoms with Crippen molar-refractivity contribution < 1.29 is 22.7 Å². The van der Waals surface area contributed by atoms with Crippen LogP contribution in [0.3, 0.4) is 0 Å². The summed E-state index contributed by atoms with van der Waals surface area (Å²) in [6.07, 6.45) is -4.15. The number of hydrogen-bond acceptors (Lipinski definition) is 3. The van der Waals surface area contributed by atoms with E-state index in [1.54, 1.807) is 31.7 Å². The molecule has 0 unspecified atom stereocenters. The molecule has 1 amide bonds. The number of benzene rings is 1. The fourth-order valence-electron chi connectivity index (χ4n) is 2.99. The van der Waals surface area contributed by atoms with E-state index in [9.17, 15) is 18.0 Å². The molecule has 1 aromatic carbocycles. The molecule has 26 heavy (non-hydrogen) atoms. The second kappa shape index (κ2) is 7.66. The minimum Gasteiger partial charge on any atom is -0.444 e. The zero-order valence-corrected chi connectivity index (χ0v) is 16.9. The lowest BCUT2D eigenvalue weighted by molar-refractivity contribution is -0.137. The van der Waals surface area contributed by atoms with Crippen molar-refractivity contribution in [3.05, 3.63) is 27.7 Å². The van der Waals surface area contributed by atoms with Gasteiger partial charge in [0.2, 0.25) is 0 Å². The SMILES string of the molecule is CCCN(C[C@@H]1CNc2c1cc(Br)cc2C(F)(F)F)C(=O)OC(C)(C)C. The predicted molar refractivity (Wildman–Crippen MR) is 98.5 cm³/mol. The van der Waals surface area contributed by atoms with Gasteiger partial charge in [-0.1, -0.05) is 22.9 Å². The first-order valence-electron chi connectivity index (χ1n) is 8.54. The first-order chi connectivity index (χ1) is 11.9. The number of ether oxygens (including phenoxy) is 1. The topological polar surface area (TPSA) is 41.6 Å². The summed E-state index contributed by atoms with van der Waals surface area (Å²) < 4.78 is 45.7. The molecule has 0 aromatic heterocycles. The third kappa shape index (κ3) is 5.05. The summed E-state index contributed by atoms with van der Waals surface area (Å²) in [5.74, 6) is -0.234. The van der Waals surface area contributed by atoms with Crippen molar-refractivity contribution in [3.8, 4) is 0 Å². The molecule has 146 valence electrons. The molecule has 1 atom stereocenters. The number of rotatable bonds is 4. The van der Waals surface area contributed by atoms with Gasteiger partial charge in [-0.05, 0) is 44.9 Å². The highest BCUT2D eigenvalue weighted by molar-refractivity contribution is 9.10. The van der Waals surface area contributed by atoms with Crippen molar-refractivity contribution in [2.24, 2.45) is 0 Å². The number of fused-ring (bicyclic) bond motifs is 1. The van der Waals surface area contributed by atoms with E-state index in [1.165, 1.54) is 0 Å². The van der Waals surface area contributed by atoms with Crippen LogP contribution in [0.15, 0.2) is 16.6 Å². The maximum absolute atomic E-state index is 13.3. The summed E-state index contributed by atoms with van der Waals surface area (Å²) in [6, 6.07) is 2.76. The van der Waals surface area contributed by atoms with Gasteiger partial charge in [-0.15, -0.1) is 0 Å². The molecule has 2 rings (SSSR count). The van der Waals surface area contributed by atoms with Gasteiger partial charge in [-0.3, -0.25) is 0 Å². The molecule has 1 aliphatic heterocycles. The van der Waals surface area contributed by atoms with Crippen LogP contribution in [0.4, 0.5) is 23.7 Å². The van der Waals surface area contributed by atoms with Gasteiger partial charge >= 0.3 is 12.3 Å². The van der Waals surface area contributed by atoms with Gasteiger partial charge in [0.25, 0.3) is 0 Å². The average molecular weight is 437 g/mol. The first-order valence-corrected chi connectivity index (χ1v) is 9.34. The largest absolute Gasteiger partial charge is 0.444 e. The zero-order chi connectivity index (χ0) is 19.7. The average Bonchev–Trinajstić information content (AvgIpc) is 2.86. The van der Waals surface area contributed by atoms with Crippen LogP contribution in [0.2, 0.25) is 0 Å². The van der Waals surface area contributed by atoms with E-state index in [4.69, 9.17) is 4.74 Å². The lowest BCUT2D eigenvalue weighted by Gasteiger charge is -2.29. The fourth-order valence-corrected chi connectivity index (χ4v) is 3.46. The van der Waals surface area contributed by atoms with Crippen LogP contribution in [-0.4, -0.2) is 36.2 Å². The highest BCUT2D eigenvalue weighted by atomic mass is 79.9. The number of nitrogens with one attached hydrogen (secondary N) is 1. The van der Waals surface area contributed by atoms with Crippen LogP contribution in [-0.2, 0) is 10.9 Å². The van der Waals surface area contributed by atoms with Crippen molar-refractivity contribution in [2.45, 2.75) is 51.8 Å². The second-order valence-electron chi connectivity index (χ2n) is 7.42. The van der Waals surface area contributed by atoms with Gasteiger partial charge in [-0.25, -0.2) is 4.79 Å². The van der Waals surface area contributed by atoms with Crippen LogP contribution in [0.1, 0.15) is 51.2 Å². The monoisotopic (exact) mass is 436 g/mol. The standard InChI is InChI=1S/C18H24BrF3N2O2/c1-5-6-24(16(25)26-17(2,3)4)10-11-9-23-15-13(11)7-12(19)8-14(15)18(20,21)22/h7-8,11,23H,5-6,9-10H2,1-4H3/t11-/m0/s1. The highest BCUT2D eigenvalue weighted by Crippen LogP contribution is 2.44. The number of halogens is 4. The summed E-state index contributed by atoms with van der Waals surface area (Å²) in [6.45, 7) is 8.43. The minimum atomic E-state index is -4.44. The second-order valence-corrected chi connectivity index (χ2v) is 8.34. The highest BCUT2D eigenvalue weighted by Gasteiger charge is 2.39. The van der Waals surface area contributed by atoms with Gasteiger partial charge in [0, 0.05) is 30.0 Å². The number of alkyl halides is 3. The van der Waals surface area contributed by atoms with Crippen LogP contribution < -0.4 is 5.32 Å². The van der Waals surface area contributed by atoms with E-state index in [0.717, 1.165) is 12.5 Å².